The van der Waals surface area contributed by atoms with Crippen LogP contribution >= 0.6 is 0 Å². The minimum atomic E-state index is -0.0277. The average molecular weight is 555 g/mol. The molecule has 1 saturated heterocycles. The van der Waals surface area contributed by atoms with Crippen LogP contribution in [0.1, 0.15) is 24.5 Å². The van der Waals surface area contributed by atoms with Gasteiger partial charge in [-0.05, 0) is 36.6 Å². The fourth-order valence-corrected chi connectivity index (χ4v) is 5.02. The second-order valence-electron chi connectivity index (χ2n) is 9.96. The molecule has 0 radical (unpaired) electrons. The van der Waals surface area contributed by atoms with Crippen molar-refractivity contribution >= 4 is 35.0 Å². The Balaban J connectivity index is 1.27. The van der Waals surface area contributed by atoms with E-state index in [0.717, 1.165) is 41.2 Å². The van der Waals surface area contributed by atoms with Crippen molar-refractivity contribution in [2.45, 2.75) is 26.4 Å². The maximum atomic E-state index is 12.4. The summed E-state index contributed by atoms with van der Waals surface area (Å²) in [5, 5.41) is 6.39. The number of rotatable bonds is 8. The molecule has 212 valence electrons. The SMILES string of the molecule is CCNC(=O)N1CCCN(c2nc(NCc3ccc4c(c3)OCO4)c3ncn(CC=Cc4ccccc4)c3n2)CC1. The van der Waals surface area contributed by atoms with Gasteiger partial charge in [-0.15, -0.1) is 0 Å². The minimum absolute atomic E-state index is 0.0277. The summed E-state index contributed by atoms with van der Waals surface area (Å²) in [4.78, 5) is 31.1. The number of nitrogens with zero attached hydrogens (tertiary/aromatic N) is 6. The maximum Gasteiger partial charge on any atom is 0.317 e. The first kappa shape index (κ1) is 26.4. The lowest BCUT2D eigenvalue weighted by Gasteiger charge is -2.22. The first-order chi connectivity index (χ1) is 20.2. The molecule has 0 unspecified atom stereocenters. The molecule has 4 aromatic rings. The number of hydrogen-bond donors (Lipinski definition) is 2. The van der Waals surface area contributed by atoms with Crippen molar-refractivity contribution in [2.75, 3.05) is 49.7 Å². The summed E-state index contributed by atoms with van der Waals surface area (Å²) in [6.45, 7) is 6.64. The van der Waals surface area contributed by atoms with E-state index in [0.29, 0.717) is 56.6 Å². The van der Waals surface area contributed by atoms with Gasteiger partial charge >= 0.3 is 6.03 Å². The van der Waals surface area contributed by atoms with Gasteiger partial charge in [0.2, 0.25) is 12.7 Å². The largest absolute Gasteiger partial charge is 0.454 e. The van der Waals surface area contributed by atoms with E-state index < -0.39 is 0 Å². The molecule has 0 spiro atoms. The molecule has 0 saturated carbocycles. The Kier molecular flexibility index (Phi) is 7.83. The van der Waals surface area contributed by atoms with Crippen molar-refractivity contribution in [3.8, 4) is 11.5 Å². The zero-order chi connectivity index (χ0) is 28.0. The van der Waals surface area contributed by atoms with E-state index in [4.69, 9.17) is 24.4 Å². The summed E-state index contributed by atoms with van der Waals surface area (Å²) < 4.78 is 13.0. The van der Waals surface area contributed by atoms with Crippen molar-refractivity contribution in [3.63, 3.8) is 0 Å². The Hall–Kier alpha value is -4.80. The van der Waals surface area contributed by atoms with Crippen LogP contribution in [0, 0.1) is 0 Å². The van der Waals surface area contributed by atoms with Crippen molar-refractivity contribution < 1.29 is 14.3 Å². The summed E-state index contributed by atoms with van der Waals surface area (Å²) in [7, 11) is 0. The van der Waals surface area contributed by atoms with E-state index in [9.17, 15) is 4.79 Å². The predicted molar refractivity (Wildman–Crippen MR) is 158 cm³/mol. The van der Waals surface area contributed by atoms with E-state index in [1.54, 1.807) is 0 Å². The summed E-state index contributed by atoms with van der Waals surface area (Å²) >= 11 is 0. The number of carbonyl (C=O) groups excluding carboxylic acids is 1. The van der Waals surface area contributed by atoms with Crippen LogP contribution in [0.4, 0.5) is 16.6 Å². The number of aromatic nitrogens is 4. The van der Waals surface area contributed by atoms with Gasteiger partial charge in [0.05, 0.1) is 6.33 Å². The number of nitrogens with one attached hydrogen (secondary N) is 2. The van der Waals surface area contributed by atoms with Gasteiger partial charge in [0, 0.05) is 45.8 Å². The highest BCUT2D eigenvalue weighted by Gasteiger charge is 2.23. The number of imidazole rings is 1. The zero-order valence-corrected chi connectivity index (χ0v) is 23.1. The van der Waals surface area contributed by atoms with Gasteiger partial charge in [-0.2, -0.15) is 9.97 Å². The topological polar surface area (TPSA) is 110 Å². The normalized spacial score (nSPS) is 15.0. The summed E-state index contributed by atoms with van der Waals surface area (Å²) in [5.74, 6) is 2.79. The van der Waals surface area contributed by atoms with Gasteiger partial charge in [-0.3, -0.25) is 0 Å². The number of fused-ring (bicyclic) bond motifs is 2. The van der Waals surface area contributed by atoms with Crippen molar-refractivity contribution in [1.82, 2.24) is 29.7 Å². The van der Waals surface area contributed by atoms with Gasteiger partial charge in [0.1, 0.15) is 0 Å². The molecule has 2 N–H and O–H groups in total. The molecular weight excluding hydrogens is 520 g/mol. The minimum Gasteiger partial charge on any atom is -0.454 e. The second-order valence-corrected chi connectivity index (χ2v) is 9.96. The number of hydrogen-bond acceptors (Lipinski definition) is 8. The van der Waals surface area contributed by atoms with Crippen molar-refractivity contribution in [3.05, 3.63) is 72.1 Å². The lowest BCUT2D eigenvalue weighted by Crippen LogP contribution is -2.42. The van der Waals surface area contributed by atoms with Crippen LogP contribution < -0.4 is 25.0 Å². The number of benzene rings is 2. The molecular formula is C30H34N8O3. The van der Waals surface area contributed by atoms with Crippen molar-refractivity contribution in [1.29, 1.82) is 0 Å². The van der Waals surface area contributed by atoms with E-state index in [2.05, 4.69) is 39.8 Å². The van der Waals surface area contributed by atoms with E-state index >= 15 is 0 Å². The zero-order valence-electron chi connectivity index (χ0n) is 23.1. The molecule has 0 bridgehead atoms. The monoisotopic (exact) mass is 554 g/mol. The third-order valence-corrected chi connectivity index (χ3v) is 7.15. The Labute approximate surface area is 238 Å². The molecule has 0 aliphatic carbocycles. The molecule has 2 aliphatic rings. The fraction of sp³-hybridized carbons (Fsp3) is 0.333. The van der Waals surface area contributed by atoms with Gasteiger partial charge in [-0.25, -0.2) is 9.78 Å². The number of ether oxygens (including phenoxy) is 2. The van der Waals surface area contributed by atoms with Crippen LogP contribution in [0.5, 0.6) is 11.5 Å². The lowest BCUT2D eigenvalue weighted by atomic mass is 10.2. The third kappa shape index (κ3) is 6.03. The summed E-state index contributed by atoms with van der Waals surface area (Å²) in [6.07, 6.45) is 6.84. The third-order valence-electron chi connectivity index (χ3n) is 7.15. The van der Waals surface area contributed by atoms with Crippen LogP contribution in [0.25, 0.3) is 17.2 Å². The van der Waals surface area contributed by atoms with E-state index in [1.807, 2.05) is 59.1 Å². The summed E-state index contributed by atoms with van der Waals surface area (Å²) in [5.41, 5.74) is 3.65. The van der Waals surface area contributed by atoms with Crippen LogP contribution in [-0.2, 0) is 13.1 Å². The average Bonchev–Trinajstić information content (AvgIpc) is 3.56. The molecule has 41 heavy (non-hydrogen) atoms. The van der Waals surface area contributed by atoms with Crippen LogP contribution in [0.3, 0.4) is 0 Å². The fourth-order valence-electron chi connectivity index (χ4n) is 5.02. The first-order valence-electron chi connectivity index (χ1n) is 14.0. The standard InChI is InChI=1S/C30H34N8O3/c1-2-31-30(39)37-15-7-14-36(16-17-37)29-34-27(32-19-23-11-12-24-25(18-23)41-21-40-24)26-28(35-29)38(20-33-26)13-6-10-22-8-4-3-5-9-22/h3-6,8-12,18,20H,2,7,13-17,19,21H2,1H3,(H,31,39)(H,32,34,35). The second kappa shape index (κ2) is 12.2. The molecule has 11 heteroatoms. The quantitative estimate of drug-likeness (QED) is 0.335. The smallest absolute Gasteiger partial charge is 0.317 e. The molecule has 0 atom stereocenters. The van der Waals surface area contributed by atoms with Gasteiger partial charge in [0.15, 0.2) is 28.5 Å². The van der Waals surface area contributed by atoms with Crippen LogP contribution in [0.15, 0.2) is 60.9 Å². The molecule has 2 aromatic heterocycles. The van der Waals surface area contributed by atoms with Gasteiger partial charge in [0.25, 0.3) is 0 Å². The Morgan fingerprint density at radius 2 is 1.90 bits per heavy atom. The molecule has 11 nitrogen and oxygen atoms in total. The highest BCUT2D eigenvalue weighted by atomic mass is 16.7. The molecule has 2 aliphatic heterocycles. The highest BCUT2D eigenvalue weighted by Crippen LogP contribution is 2.33. The van der Waals surface area contributed by atoms with Crippen LogP contribution in [0.2, 0.25) is 0 Å². The molecule has 4 heterocycles. The number of urea groups is 1. The maximum absolute atomic E-state index is 12.4. The lowest BCUT2D eigenvalue weighted by molar-refractivity contribution is 0.174. The highest BCUT2D eigenvalue weighted by molar-refractivity contribution is 5.84. The number of amides is 2. The van der Waals surface area contributed by atoms with Gasteiger partial charge < -0.3 is 34.5 Å². The molecule has 2 amide bonds. The molecule has 2 aromatic carbocycles. The Morgan fingerprint density at radius 3 is 2.78 bits per heavy atom. The predicted octanol–water partition coefficient (Wildman–Crippen LogP) is 4.12. The summed E-state index contributed by atoms with van der Waals surface area (Å²) in [6, 6.07) is 16.1. The number of anilines is 2. The Morgan fingerprint density at radius 1 is 1.02 bits per heavy atom. The molecule has 1 fully saturated rings. The first-order valence-corrected chi connectivity index (χ1v) is 14.0. The van der Waals surface area contributed by atoms with E-state index in [-0.39, 0.29) is 12.8 Å². The van der Waals surface area contributed by atoms with Gasteiger partial charge in [-0.1, -0.05) is 48.6 Å². The Bertz CT molecular complexity index is 1540. The number of allylic oxidation sites excluding steroid dienone is 1. The van der Waals surface area contributed by atoms with Crippen molar-refractivity contribution in [2.24, 2.45) is 0 Å². The van der Waals surface area contributed by atoms with Crippen LogP contribution in [-0.4, -0.2) is 70.0 Å². The number of carbonyl (C=O) groups is 1. The molecule has 6 rings (SSSR count). The van der Waals surface area contributed by atoms with E-state index in [1.165, 1.54) is 0 Å².